The summed E-state index contributed by atoms with van der Waals surface area (Å²) < 4.78 is 1.85. The van der Waals surface area contributed by atoms with Gasteiger partial charge in [0.1, 0.15) is 5.69 Å². The van der Waals surface area contributed by atoms with Gasteiger partial charge in [-0.2, -0.15) is 5.10 Å². The van der Waals surface area contributed by atoms with E-state index in [-0.39, 0.29) is 0 Å². The molecule has 0 aromatic carbocycles. The molecule has 0 saturated carbocycles. The van der Waals surface area contributed by atoms with E-state index >= 15 is 0 Å². The van der Waals surface area contributed by atoms with E-state index in [2.05, 4.69) is 21.1 Å². The zero-order valence-corrected chi connectivity index (χ0v) is 9.69. The third kappa shape index (κ3) is 2.27. The normalized spacial score (nSPS) is 10.4. The number of hydrogen-bond acceptors (Lipinski definition) is 3. The van der Waals surface area contributed by atoms with Crippen molar-refractivity contribution in [3.05, 3.63) is 66.7 Å². The van der Waals surface area contributed by atoms with Crippen molar-refractivity contribution in [3.63, 3.8) is 0 Å². The summed E-state index contributed by atoms with van der Waals surface area (Å²) in [6.07, 6.45) is 5.43. The Labute approximate surface area is 105 Å². The van der Waals surface area contributed by atoms with E-state index in [1.807, 2.05) is 41.2 Å². The molecule has 1 radical (unpaired) electrons. The zero-order chi connectivity index (χ0) is 12.2. The van der Waals surface area contributed by atoms with Gasteiger partial charge in [0.05, 0.1) is 17.9 Å². The molecule has 0 aliphatic rings. The minimum absolute atomic E-state index is 0.643. The fourth-order valence-electron chi connectivity index (χ4n) is 1.71. The standard InChI is InChI=1S/C14H11N4/c1-3-8-15-12(5-1)11-18-10-7-14(17-18)13-6-2-4-9-16-13/h2-10H,11H2. The van der Waals surface area contributed by atoms with Gasteiger partial charge in [0.2, 0.25) is 0 Å². The summed E-state index contributed by atoms with van der Waals surface area (Å²) in [6, 6.07) is 14.4. The quantitative estimate of drug-likeness (QED) is 0.699. The van der Waals surface area contributed by atoms with Crippen LogP contribution < -0.4 is 0 Å². The first-order valence-electron chi connectivity index (χ1n) is 5.68. The maximum Gasteiger partial charge on any atom is 0.111 e. The highest BCUT2D eigenvalue weighted by Crippen LogP contribution is 2.13. The molecular weight excluding hydrogens is 224 g/mol. The van der Waals surface area contributed by atoms with Gasteiger partial charge >= 0.3 is 0 Å². The molecule has 3 aromatic rings. The lowest BCUT2D eigenvalue weighted by Gasteiger charge is -2.00. The van der Waals surface area contributed by atoms with Crippen molar-refractivity contribution in [2.45, 2.75) is 6.54 Å². The van der Waals surface area contributed by atoms with Crippen LogP contribution in [0.3, 0.4) is 0 Å². The predicted molar refractivity (Wildman–Crippen MR) is 67.6 cm³/mol. The molecule has 0 unspecified atom stereocenters. The molecule has 4 heteroatoms. The SMILES string of the molecule is [c]1ccnc(Cn2ccc(-c3ccccn3)n2)c1. The Kier molecular flexibility index (Phi) is 2.84. The molecule has 18 heavy (non-hydrogen) atoms. The minimum Gasteiger partial charge on any atom is -0.266 e. The Morgan fingerprint density at radius 1 is 1.06 bits per heavy atom. The van der Waals surface area contributed by atoms with E-state index in [1.165, 1.54) is 0 Å². The largest absolute Gasteiger partial charge is 0.266 e. The molecule has 0 saturated heterocycles. The monoisotopic (exact) mass is 235 g/mol. The van der Waals surface area contributed by atoms with Crippen LogP contribution in [0.15, 0.2) is 55.0 Å². The fourth-order valence-corrected chi connectivity index (χ4v) is 1.71. The molecular formula is C14H11N4. The Morgan fingerprint density at radius 2 is 2.06 bits per heavy atom. The molecule has 0 amide bonds. The van der Waals surface area contributed by atoms with E-state index in [4.69, 9.17) is 0 Å². The lowest BCUT2D eigenvalue weighted by Crippen LogP contribution is -2.02. The first-order chi connectivity index (χ1) is 8.92. The first kappa shape index (κ1) is 10.7. The average Bonchev–Trinajstić information content (AvgIpc) is 2.89. The lowest BCUT2D eigenvalue weighted by molar-refractivity contribution is 0.674. The van der Waals surface area contributed by atoms with Crippen LogP contribution in [0.5, 0.6) is 0 Å². The second kappa shape index (κ2) is 4.79. The molecule has 4 nitrogen and oxygen atoms in total. The van der Waals surface area contributed by atoms with Crippen LogP contribution in [-0.2, 0) is 6.54 Å². The summed E-state index contributed by atoms with van der Waals surface area (Å²) in [5, 5.41) is 4.48. The highest BCUT2D eigenvalue weighted by atomic mass is 15.3. The van der Waals surface area contributed by atoms with Crippen LogP contribution >= 0.6 is 0 Å². The Hall–Kier alpha value is -2.49. The molecule has 3 aromatic heterocycles. The molecule has 0 fully saturated rings. The topological polar surface area (TPSA) is 43.6 Å². The molecule has 0 spiro atoms. The number of rotatable bonds is 3. The Balaban J connectivity index is 1.82. The van der Waals surface area contributed by atoms with Gasteiger partial charge in [-0.15, -0.1) is 0 Å². The number of nitrogens with zero attached hydrogens (tertiary/aromatic N) is 4. The van der Waals surface area contributed by atoms with Crippen molar-refractivity contribution in [1.82, 2.24) is 19.7 Å². The summed E-state index contributed by atoms with van der Waals surface area (Å²) in [5.41, 5.74) is 2.69. The third-order valence-electron chi connectivity index (χ3n) is 2.55. The van der Waals surface area contributed by atoms with Crippen LogP contribution in [0.25, 0.3) is 11.4 Å². The highest BCUT2D eigenvalue weighted by Gasteiger charge is 2.03. The van der Waals surface area contributed by atoms with Crippen LogP contribution in [0.4, 0.5) is 0 Å². The fraction of sp³-hybridized carbons (Fsp3) is 0.0714. The van der Waals surface area contributed by atoms with Gasteiger partial charge < -0.3 is 0 Å². The molecule has 0 bridgehead atoms. The number of aromatic nitrogens is 4. The van der Waals surface area contributed by atoms with Gasteiger partial charge in [0.25, 0.3) is 0 Å². The summed E-state index contributed by atoms with van der Waals surface area (Å²) in [7, 11) is 0. The Bertz CT molecular complexity index is 617. The van der Waals surface area contributed by atoms with Crippen molar-refractivity contribution in [1.29, 1.82) is 0 Å². The zero-order valence-electron chi connectivity index (χ0n) is 9.69. The van der Waals surface area contributed by atoms with E-state index in [0.717, 1.165) is 17.1 Å². The predicted octanol–water partition coefficient (Wildman–Crippen LogP) is 2.19. The van der Waals surface area contributed by atoms with Crippen LogP contribution in [0, 0.1) is 6.07 Å². The van der Waals surface area contributed by atoms with Gasteiger partial charge in [0, 0.05) is 18.6 Å². The summed E-state index contributed by atoms with van der Waals surface area (Å²) in [6.45, 7) is 0.643. The number of hydrogen-bond donors (Lipinski definition) is 0. The van der Waals surface area contributed by atoms with Crippen molar-refractivity contribution >= 4 is 0 Å². The molecule has 0 aliphatic heterocycles. The molecule has 3 heterocycles. The Morgan fingerprint density at radius 3 is 2.83 bits per heavy atom. The van der Waals surface area contributed by atoms with Crippen LogP contribution in [0.1, 0.15) is 5.69 Å². The summed E-state index contributed by atoms with van der Waals surface area (Å²) in [5.74, 6) is 0. The minimum atomic E-state index is 0.643. The van der Waals surface area contributed by atoms with E-state index in [1.54, 1.807) is 18.5 Å². The van der Waals surface area contributed by atoms with Crippen molar-refractivity contribution in [3.8, 4) is 11.4 Å². The smallest absolute Gasteiger partial charge is 0.111 e. The second-order valence-electron chi connectivity index (χ2n) is 3.86. The van der Waals surface area contributed by atoms with Crippen LogP contribution in [-0.4, -0.2) is 19.7 Å². The molecule has 0 N–H and O–H groups in total. The maximum atomic E-state index is 4.48. The van der Waals surface area contributed by atoms with Crippen LogP contribution in [0.2, 0.25) is 0 Å². The molecule has 0 aliphatic carbocycles. The van der Waals surface area contributed by atoms with Gasteiger partial charge in [-0.05, 0) is 36.4 Å². The molecule has 0 atom stereocenters. The van der Waals surface area contributed by atoms with E-state index in [0.29, 0.717) is 6.54 Å². The maximum absolute atomic E-state index is 4.48. The summed E-state index contributed by atoms with van der Waals surface area (Å²) in [4.78, 5) is 8.52. The lowest BCUT2D eigenvalue weighted by atomic mass is 10.3. The van der Waals surface area contributed by atoms with Gasteiger partial charge in [-0.25, -0.2) is 0 Å². The van der Waals surface area contributed by atoms with Gasteiger partial charge in [-0.1, -0.05) is 6.07 Å². The second-order valence-corrected chi connectivity index (χ2v) is 3.86. The highest BCUT2D eigenvalue weighted by molar-refractivity contribution is 5.52. The average molecular weight is 235 g/mol. The molecule has 3 rings (SSSR count). The first-order valence-corrected chi connectivity index (χ1v) is 5.68. The summed E-state index contributed by atoms with van der Waals surface area (Å²) >= 11 is 0. The van der Waals surface area contributed by atoms with Crippen molar-refractivity contribution < 1.29 is 0 Å². The van der Waals surface area contributed by atoms with Crippen molar-refractivity contribution in [2.75, 3.05) is 0 Å². The number of pyridine rings is 2. The van der Waals surface area contributed by atoms with Gasteiger partial charge in [-0.3, -0.25) is 14.6 Å². The molecule has 87 valence electrons. The van der Waals surface area contributed by atoms with Gasteiger partial charge in [0.15, 0.2) is 0 Å². The third-order valence-corrected chi connectivity index (χ3v) is 2.55. The van der Waals surface area contributed by atoms with Crippen molar-refractivity contribution in [2.24, 2.45) is 0 Å². The van der Waals surface area contributed by atoms with E-state index < -0.39 is 0 Å². The van der Waals surface area contributed by atoms with E-state index in [9.17, 15) is 0 Å².